The summed E-state index contributed by atoms with van der Waals surface area (Å²) in [5.74, 6) is -0.548. The highest BCUT2D eigenvalue weighted by Gasteiger charge is 2.30. The zero-order chi connectivity index (χ0) is 53.6. The Balaban J connectivity index is 5.25. The number of phosphoric ester groups is 1. The highest BCUT2D eigenvalue weighted by atomic mass is 31.2. The van der Waals surface area contributed by atoms with Gasteiger partial charge in [-0.2, -0.15) is 0 Å². The minimum absolute atomic E-state index is 0.0292. The first-order chi connectivity index (χ1) is 35.4. The first-order valence-corrected chi connectivity index (χ1v) is 31.1. The van der Waals surface area contributed by atoms with E-state index in [1.165, 1.54) is 89.9 Å². The molecular weight excluding hydrogens is 928 g/mol. The maximum Gasteiger partial charge on any atom is 0.472 e. The van der Waals surface area contributed by atoms with E-state index in [4.69, 9.17) is 13.8 Å². The summed E-state index contributed by atoms with van der Waals surface area (Å²) in [6.45, 7) is 6.80. The molecule has 420 valence electrons. The second-order valence-electron chi connectivity index (χ2n) is 20.8. The fraction of sp³-hybridized carbons (Fsp3) is 0.714. The second kappa shape index (κ2) is 52.4. The largest absolute Gasteiger partial charge is 0.472 e. The highest BCUT2D eigenvalue weighted by molar-refractivity contribution is 7.47. The van der Waals surface area contributed by atoms with Crippen molar-refractivity contribution in [3.63, 3.8) is 0 Å². The molecule has 9 nitrogen and oxygen atoms in total. The third kappa shape index (κ3) is 53.6. The molecule has 0 saturated heterocycles. The number of hydrogen-bond donors (Lipinski definition) is 2. The minimum Gasteiger partial charge on any atom is -0.456 e. The minimum atomic E-state index is -4.46. The van der Waals surface area contributed by atoms with E-state index in [0.29, 0.717) is 17.4 Å². The molecule has 2 N–H and O–H groups in total. The molecule has 10 heteroatoms. The van der Waals surface area contributed by atoms with Crippen molar-refractivity contribution >= 4 is 19.7 Å². The van der Waals surface area contributed by atoms with Gasteiger partial charge in [-0.25, -0.2) is 4.57 Å². The Morgan fingerprint density at radius 2 is 0.932 bits per heavy atom. The number of carbonyl (C=O) groups is 2. The Labute approximate surface area is 449 Å². The van der Waals surface area contributed by atoms with Crippen LogP contribution in [0.25, 0.3) is 0 Å². The normalized spacial score (nSPS) is 14.5. The molecule has 0 saturated carbocycles. The molecule has 3 atom stereocenters. The van der Waals surface area contributed by atoms with Gasteiger partial charge in [-0.15, -0.1) is 0 Å². The average Bonchev–Trinajstić information content (AvgIpc) is 3.35. The molecule has 0 aromatic rings. The summed E-state index contributed by atoms with van der Waals surface area (Å²) in [7, 11) is 1.46. The fourth-order valence-corrected chi connectivity index (χ4v) is 8.72. The average molecular weight is 1040 g/mol. The number of allylic oxidation sites excluding steroid dienone is 15. The Hall–Kier alpha value is -3.07. The van der Waals surface area contributed by atoms with Crippen LogP contribution in [0.5, 0.6) is 0 Å². The number of likely N-dealkylation sites (N-methyl/N-ethyl adjacent to an activating group) is 1. The van der Waals surface area contributed by atoms with Gasteiger partial charge in [0.1, 0.15) is 19.3 Å². The van der Waals surface area contributed by atoms with Crippen molar-refractivity contribution in [3.8, 4) is 0 Å². The standard InChI is InChI=1S/C63H111N2O7P/c1-7-10-13-16-19-22-25-27-28-29-30-31-32-33-34-35-36-38-41-44-47-50-53-56-63(67)72-61(54-51-48-45-42-39-24-21-18-15-12-9-3)60(59-71-73(68,69)70-58-57-65(4,5)6)64-62(66)55-52-49-46-43-40-37-26-23-20-17-14-11-8-2/h11,14,17,19-20,22-23,26-28,30-31,33-34,51,54,60-61H,7-10,12-13,15-16,18,21,24-25,29,32,35-50,52-53,55-59H2,1-6H3,(H-,64,66,68,69)/p+1/b14-11+,20-17+,22-19-,26-23-,28-27-,31-30-,34-33-,54-51-. The molecule has 0 aromatic heterocycles. The summed E-state index contributed by atoms with van der Waals surface area (Å²) >= 11 is 0. The molecule has 0 aromatic carbocycles. The summed E-state index contributed by atoms with van der Waals surface area (Å²) in [6, 6.07) is -0.868. The second-order valence-corrected chi connectivity index (χ2v) is 22.3. The van der Waals surface area contributed by atoms with Crippen LogP contribution in [0, 0.1) is 0 Å². The molecule has 1 amide bonds. The van der Waals surface area contributed by atoms with E-state index in [2.05, 4.69) is 105 Å². The van der Waals surface area contributed by atoms with Crippen LogP contribution in [0.4, 0.5) is 0 Å². The van der Waals surface area contributed by atoms with E-state index >= 15 is 0 Å². The van der Waals surface area contributed by atoms with Gasteiger partial charge < -0.3 is 19.4 Å². The van der Waals surface area contributed by atoms with Crippen LogP contribution in [0.1, 0.15) is 239 Å². The Bertz CT molecular complexity index is 1570. The van der Waals surface area contributed by atoms with Gasteiger partial charge in [0, 0.05) is 12.8 Å². The zero-order valence-electron chi connectivity index (χ0n) is 47.8. The molecule has 3 unspecified atom stereocenters. The molecule has 0 rings (SSSR count). The molecule has 0 bridgehead atoms. The lowest BCUT2D eigenvalue weighted by Crippen LogP contribution is -2.47. The predicted octanol–water partition coefficient (Wildman–Crippen LogP) is 18.0. The van der Waals surface area contributed by atoms with Gasteiger partial charge in [-0.05, 0) is 96.0 Å². The summed E-state index contributed by atoms with van der Waals surface area (Å²) in [6.07, 6.45) is 69.8. The lowest BCUT2D eigenvalue weighted by Gasteiger charge is -2.27. The topological polar surface area (TPSA) is 111 Å². The van der Waals surface area contributed by atoms with Crippen molar-refractivity contribution in [1.82, 2.24) is 5.32 Å². The molecule has 0 aliphatic carbocycles. The quantitative estimate of drug-likeness (QED) is 0.0156. The molecule has 0 spiro atoms. The van der Waals surface area contributed by atoms with E-state index in [1.807, 2.05) is 39.4 Å². The zero-order valence-corrected chi connectivity index (χ0v) is 48.7. The number of hydrogen-bond acceptors (Lipinski definition) is 6. The van der Waals surface area contributed by atoms with Gasteiger partial charge in [0.25, 0.3) is 0 Å². The maximum absolute atomic E-state index is 13.5. The molecule has 0 fully saturated rings. The van der Waals surface area contributed by atoms with E-state index in [1.54, 1.807) is 0 Å². The predicted molar refractivity (Wildman–Crippen MR) is 314 cm³/mol. The third-order valence-electron chi connectivity index (χ3n) is 12.6. The third-order valence-corrected chi connectivity index (χ3v) is 13.6. The summed E-state index contributed by atoms with van der Waals surface area (Å²) in [5, 5.41) is 3.03. The van der Waals surface area contributed by atoms with Crippen molar-refractivity contribution in [2.45, 2.75) is 251 Å². The number of amides is 1. The van der Waals surface area contributed by atoms with Gasteiger partial charge in [-0.3, -0.25) is 18.6 Å². The number of esters is 1. The van der Waals surface area contributed by atoms with Crippen molar-refractivity contribution in [2.75, 3.05) is 40.9 Å². The van der Waals surface area contributed by atoms with Gasteiger partial charge in [0.15, 0.2) is 0 Å². The van der Waals surface area contributed by atoms with Gasteiger partial charge in [-0.1, -0.05) is 227 Å². The molecule has 0 aliphatic heterocycles. The lowest BCUT2D eigenvalue weighted by molar-refractivity contribution is -0.870. The van der Waals surface area contributed by atoms with Crippen LogP contribution < -0.4 is 5.32 Å². The van der Waals surface area contributed by atoms with Crippen molar-refractivity contribution in [2.24, 2.45) is 0 Å². The molecular formula is C63H112N2O7P+. The smallest absolute Gasteiger partial charge is 0.456 e. The SMILES string of the molecule is CC/C=C/C=C/C=C\CCCCCCCC(=O)NC(COP(=O)(O)OCC[N+](C)(C)C)C(/C=C\CCCCCCCCCCC)OC(=O)CCCCCCCCC/C=C\C/C=C\C/C=C\C/C=C\CCCCC. The number of nitrogens with one attached hydrogen (secondary N) is 1. The van der Waals surface area contributed by atoms with Crippen LogP contribution in [0.15, 0.2) is 97.2 Å². The Morgan fingerprint density at radius 1 is 0.507 bits per heavy atom. The Kier molecular flexibility index (Phi) is 50.2. The number of quaternary nitrogens is 1. The molecule has 0 heterocycles. The van der Waals surface area contributed by atoms with Crippen LogP contribution in [-0.2, 0) is 27.9 Å². The van der Waals surface area contributed by atoms with E-state index in [9.17, 15) is 19.0 Å². The lowest BCUT2D eigenvalue weighted by atomic mass is 10.1. The molecule has 73 heavy (non-hydrogen) atoms. The first-order valence-electron chi connectivity index (χ1n) is 29.6. The monoisotopic (exact) mass is 1040 g/mol. The number of rotatable bonds is 52. The van der Waals surface area contributed by atoms with E-state index in [-0.39, 0.29) is 31.5 Å². The van der Waals surface area contributed by atoms with Gasteiger partial charge in [0.2, 0.25) is 5.91 Å². The summed E-state index contributed by atoms with van der Waals surface area (Å²) in [5.41, 5.74) is 0. The number of nitrogens with zero attached hydrogens (tertiary/aromatic N) is 1. The molecule has 0 radical (unpaired) electrons. The fourth-order valence-electron chi connectivity index (χ4n) is 7.98. The van der Waals surface area contributed by atoms with Crippen LogP contribution in [-0.4, -0.2) is 74.3 Å². The van der Waals surface area contributed by atoms with Crippen molar-refractivity contribution < 1.29 is 37.3 Å². The van der Waals surface area contributed by atoms with Crippen molar-refractivity contribution in [3.05, 3.63) is 97.2 Å². The molecule has 0 aliphatic rings. The van der Waals surface area contributed by atoms with Crippen LogP contribution in [0.3, 0.4) is 0 Å². The number of phosphoric acid groups is 1. The van der Waals surface area contributed by atoms with Gasteiger partial charge >= 0.3 is 13.8 Å². The maximum atomic E-state index is 13.5. The Morgan fingerprint density at radius 3 is 1.45 bits per heavy atom. The number of unbranched alkanes of at least 4 members (excludes halogenated alkanes) is 24. The van der Waals surface area contributed by atoms with Gasteiger partial charge in [0.05, 0.1) is 33.8 Å². The number of ether oxygens (including phenoxy) is 1. The number of carbonyl (C=O) groups excluding carboxylic acids is 2. The highest BCUT2D eigenvalue weighted by Crippen LogP contribution is 2.43. The van der Waals surface area contributed by atoms with Crippen LogP contribution >= 0.6 is 7.82 Å². The summed E-state index contributed by atoms with van der Waals surface area (Å²) in [4.78, 5) is 37.6. The van der Waals surface area contributed by atoms with Crippen LogP contribution in [0.2, 0.25) is 0 Å². The van der Waals surface area contributed by atoms with Crippen molar-refractivity contribution in [1.29, 1.82) is 0 Å². The van der Waals surface area contributed by atoms with E-state index in [0.717, 1.165) is 116 Å². The van der Waals surface area contributed by atoms with E-state index < -0.39 is 20.0 Å². The summed E-state index contributed by atoms with van der Waals surface area (Å²) < 4.78 is 30.6. The first kappa shape index (κ1) is 69.9.